The number of nitrogens with zero attached hydrogens (tertiary/aromatic N) is 2. The number of thiazole rings is 1. The number of aromatic nitrogens is 1. The van der Waals surface area contributed by atoms with Gasteiger partial charge in [0.2, 0.25) is 0 Å². The smallest absolute Gasteiger partial charge is 0.271 e. The van der Waals surface area contributed by atoms with Crippen LogP contribution in [0.2, 0.25) is 0 Å². The number of hydrogen-bond acceptors (Lipinski definition) is 7. The van der Waals surface area contributed by atoms with Crippen LogP contribution < -0.4 is 34.4 Å². The summed E-state index contributed by atoms with van der Waals surface area (Å²) >= 11 is 1.30. The molecule has 0 saturated carbocycles. The highest BCUT2D eigenvalue weighted by Crippen LogP contribution is 2.32. The van der Waals surface area contributed by atoms with Crippen molar-refractivity contribution in [1.29, 1.82) is 0 Å². The Kier molecular flexibility index (Phi) is 9.12. The number of allylic oxidation sites excluding steroid dienone is 1. The van der Waals surface area contributed by atoms with Crippen molar-refractivity contribution in [3.8, 4) is 17.2 Å². The number of para-hydroxylation sites is 1. The van der Waals surface area contributed by atoms with Crippen LogP contribution >= 0.6 is 11.3 Å². The highest BCUT2D eigenvalue weighted by molar-refractivity contribution is 7.07. The highest BCUT2D eigenvalue weighted by Gasteiger charge is 2.32. The molecule has 46 heavy (non-hydrogen) atoms. The van der Waals surface area contributed by atoms with Gasteiger partial charge in [-0.1, -0.05) is 65.9 Å². The first-order chi connectivity index (χ1) is 22.4. The van der Waals surface area contributed by atoms with E-state index in [1.54, 1.807) is 11.7 Å². The standard InChI is InChI=1S/C37H33N3O5S/c1-4-44-30-20-14-27(15-21-30)34-33(35(41)39-28-8-6-5-7-9-28)24(2)38-37-40(34)36(42)32(46-37)22-25-10-18-31(19-11-25)45-23-26-12-16-29(43-3)17-13-26/h5-22,34H,4,23H2,1-3H3,(H,39,41)/b32-22-/t34-/m0/s1. The van der Waals surface area contributed by atoms with Crippen LogP contribution in [0.25, 0.3) is 6.08 Å². The minimum absolute atomic E-state index is 0.222. The average molecular weight is 632 g/mol. The van der Waals surface area contributed by atoms with Crippen molar-refractivity contribution in [3.63, 3.8) is 0 Å². The molecule has 8 nitrogen and oxygen atoms in total. The molecule has 4 aromatic carbocycles. The Labute approximate surface area is 270 Å². The van der Waals surface area contributed by atoms with E-state index in [1.165, 1.54) is 11.3 Å². The van der Waals surface area contributed by atoms with Crippen LogP contribution in [0.15, 0.2) is 124 Å². The second kappa shape index (κ2) is 13.7. The van der Waals surface area contributed by atoms with Gasteiger partial charge < -0.3 is 19.5 Å². The van der Waals surface area contributed by atoms with Crippen molar-refractivity contribution < 1.29 is 19.0 Å². The molecule has 0 aliphatic carbocycles. The molecule has 1 N–H and O–H groups in total. The summed E-state index contributed by atoms with van der Waals surface area (Å²) in [6.45, 7) is 4.69. The summed E-state index contributed by atoms with van der Waals surface area (Å²) in [6.07, 6.45) is 1.84. The van der Waals surface area contributed by atoms with E-state index in [1.807, 2.05) is 123 Å². The van der Waals surface area contributed by atoms with E-state index in [4.69, 9.17) is 19.2 Å². The van der Waals surface area contributed by atoms with Gasteiger partial charge in [-0.2, -0.15) is 0 Å². The van der Waals surface area contributed by atoms with Crippen LogP contribution in [0.3, 0.4) is 0 Å². The van der Waals surface area contributed by atoms with Gasteiger partial charge in [-0.05, 0) is 85.1 Å². The minimum atomic E-state index is -0.675. The molecule has 0 fully saturated rings. The van der Waals surface area contributed by atoms with E-state index >= 15 is 0 Å². The predicted octanol–water partition coefficient (Wildman–Crippen LogP) is 5.86. The van der Waals surface area contributed by atoms with Crippen molar-refractivity contribution >= 4 is 29.0 Å². The van der Waals surface area contributed by atoms with Gasteiger partial charge in [0.15, 0.2) is 4.80 Å². The number of hydrogen-bond donors (Lipinski definition) is 1. The summed E-state index contributed by atoms with van der Waals surface area (Å²) in [5, 5.41) is 2.98. The Hall–Kier alpha value is -5.41. The maximum absolute atomic E-state index is 14.0. The quantitative estimate of drug-likeness (QED) is 0.209. The number of amides is 1. The molecule has 9 heteroatoms. The number of carbonyl (C=O) groups excluding carboxylic acids is 1. The normalized spacial score (nSPS) is 14.3. The van der Waals surface area contributed by atoms with Gasteiger partial charge in [-0.15, -0.1) is 0 Å². The van der Waals surface area contributed by atoms with Gasteiger partial charge in [0.25, 0.3) is 11.5 Å². The molecule has 2 heterocycles. The number of benzene rings is 4. The monoisotopic (exact) mass is 631 g/mol. The van der Waals surface area contributed by atoms with Gasteiger partial charge >= 0.3 is 0 Å². The molecule has 1 amide bonds. The maximum Gasteiger partial charge on any atom is 0.271 e. The van der Waals surface area contributed by atoms with Crippen molar-refractivity contribution in [2.24, 2.45) is 4.99 Å². The second-order valence-electron chi connectivity index (χ2n) is 10.6. The van der Waals surface area contributed by atoms with Crippen LogP contribution in [0.4, 0.5) is 5.69 Å². The fourth-order valence-electron chi connectivity index (χ4n) is 5.26. The summed E-state index contributed by atoms with van der Waals surface area (Å²) in [4.78, 5) is 33.1. The van der Waals surface area contributed by atoms with E-state index in [0.717, 1.165) is 28.2 Å². The van der Waals surface area contributed by atoms with E-state index in [2.05, 4.69) is 5.32 Å². The third-order valence-electron chi connectivity index (χ3n) is 7.55. The number of fused-ring (bicyclic) bond motifs is 1. The molecule has 0 radical (unpaired) electrons. The molecule has 0 unspecified atom stereocenters. The first kappa shape index (κ1) is 30.6. The molecule has 1 atom stereocenters. The number of ether oxygens (including phenoxy) is 3. The number of methoxy groups -OCH3 is 1. The summed E-state index contributed by atoms with van der Waals surface area (Å²) in [7, 11) is 1.64. The lowest BCUT2D eigenvalue weighted by Gasteiger charge is -2.25. The van der Waals surface area contributed by atoms with Crippen LogP contribution in [-0.4, -0.2) is 24.2 Å². The van der Waals surface area contributed by atoms with Crippen LogP contribution in [0.5, 0.6) is 17.2 Å². The largest absolute Gasteiger partial charge is 0.497 e. The second-order valence-corrected chi connectivity index (χ2v) is 11.6. The van der Waals surface area contributed by atoms with Gasteiger partial charge in [0, 0.05) is 5.69 Å². The molecule has 0 saturated heterocycles. The zero-order valence-electron chi connectivity index (χ0n) is 25.7. The summed E-state index contributed by atoms with van der Waals surface area (Å²) in [5.41, 5.74) is 4.05. The van der Waals surface area contributed by atoms with Gasteiger partial charge in [0.05, 0.1) is 35.6 Å². The highest BCUT2D eigenvalue weighted by atomic mass is 32.1. The minimum Gasteiger partial charge on any atom is -0.497 e. The summed E-state index contributed by atoms with van der Waals surface area (Å²) < 4.78 is 18.9. The van der Waals surface area contributed by atoms with Crippen molar-refractivity contribution in [3.05, 3.63) is 151 Å². The third kappa shape index (κ3) is 6.64. The molecule has 1 aliphatic heterocycles. The van der Waals surface area contributed by atoms with Crippen molar-refractivity contribution in [2.45, 2.75) is 26.5 Å². The molecule has 0 bridgehead atoms. The molecule has 1 aromatic heterocycles. The molecular formula is C37H33N3O5S. The Morgan fingerprint density at radius 1 is 0.891 bits per heavy atom. The number of carbonyl (C=O) groups is 1. The SMILES string of the molecule is CCOc1ccc([C@H]2C(C(=O)Nc3ccccc3)=C(C)N=c3s/c(=C\c4ccc(OCc5ccc(OC)cc5)cc4)c(=O)n32)cc1. The fourth-order valence-corrected chi connectivity index (χ4v) is 6.31. The van der Waals surface area contributed by atoms with Gasteiger partial charge in [-0.25, -0.2) is 4.99 Å². The molecule has 6 rings (SSSR count). The van der Waals surface area contributed by atoms with Gasteiger partial charge in [-0.3, -0.25) is 14.2 Å². The average Bonchev–Trinajstić information content (AvgIpc) is 3.38. The van der Waals surface area contributed by atoms with E-state index in [9.17, 15) is 9.59 Å². The Balaban J connectivity index is 1.32. The Morgan fingerprint density at radius 3 is 2.22 bits per heavy atom. The molecular weight excluding hydrogens is 598 g/mol. The van der Waals surface area contributed by atoms with Crippen molar-refractivity contribution in [1.82, 2.24) is 4.57 Å². The lowest BCUT2D eigenvalue weighted by Crippen LogP contribution is -2.40. The number of anilines is 1. The Morgan fingerprint density at radius 2 is 1.54 bits per heavy atom. The van der Waals surface area contributed by atoms with E-state index in [0.29, 0.717) is 45.3 Å². The number of nitrogens with one attached hydrogen (secondary N) is 1. The topological polar surface area (TPSA) is 91.2 Å². The molecule has 1 aliphatic rings. The fraction of sp³-hybridized carbons (Fsp3) is 0.162. The zero-order valence-corrected chi connectivity index (χ0v) is 26.5. The molecule has 232 valence electrons. The lowest BCUT2D eigenvalue weighted by atomic mass is 9.95. The first-order valence-corrected chi connectivity index (χ1v) is 15.7. The van der Waals surface area contributed by atoms with Crippen LogP contribution in [-0.2, 0) is 11.4 Å². The van der Waals surface area contributed by atoms with Crippen LogP contribution in [0.1, 0.15) is 36.6 Å². The van der Waals surface area contributed by atoms with E-state index < -0.39 is 6.04 Å². The summed E-state index contributed by atoms with van der Waals surface area (Å²) in [6, 6.07) is 31.4. The number of rotatable bonds is 10. The predicted molar refractivity (Wildman–Crippen MR) is 180 cm³/mol. The van der Waals surface area contributed by atoms with E-state index in [-0.39, 0.29) is 11.5 Å². The van der Waals surface area contributed by atoms with Crippen molar-refractivity contribution in [2.75, 3.05) is 19.0 Å². The summed E-state index contributed by atoms with van der Waals surface area (Å²) in [5.74, 6) is 1.91. The van der Waals surface area contributed by atoms with Gasteiger partial charge in [0.1, 0.15) is 23.9 Å². The molecule has 5 aromatic rings. The third-order valence-corrected chi connectivity index (χ3v) is 8.53. The molecule has 0 spiro atoms. The zero-order chi connectivity index (χ0) is 32.0. The van der Waals surface area contributed by atoms with Crippen LogP contribution in [0, 0.1) is 0 Å². The maximum atomic E-state index is 14.0. The first-order valence-electron chi connectivity index (χ1n) is 14.9. The Bertz CT molecular complexity index is 2050. The lowest BCUT2D eigenvalue weighted by molar-refractivity contribution is -0.113.